The first-order valence-corrected chi connectivity index (χ1v) is 9.66. The Morgan fingerprint density at radius 3 is 2.67 bits per heavy atom. The van der Waals surface area contributed by atoms with Gasteiger partial charge >= 0.3 is 5.69 Å². The molecule has 4 aromatic rings. The number of benzene rings is 2. The number of carbonyl (C=O) groups excluding carboxylic acids is 1. The van der Waals surface area contributed by atoms with E-state index in [9.17, 15) is 9.59 Å². The maximum atomic E-state index is 12.6. The molecule has 0 aliphatic heterocycles. The van der Waals surface area contributed by atoms with Gasteiger partial charge in [0, 0.05) is 34.3 Å². The number of rotatable bonds is 5. The molecular formula is C23H21N5O2. The Kier molecular flexibility index (Phi) is 5.26. The largest absolute Gasteiger partial charge is 0.346 e. The van der Waals surface area contributed by atoms with E-state index in [1.54, 1.807) is 6.21 Å². The van der Waals surface area contributed by atoms with Crippen LogP contribution < -0.4 is 11.1 Å². The van der Waals surface area contributed by atoms with Gasteiger partial charge in [0.05, 0.1) is 11.9 Å². The molecule has 0 aliphatic rings. The van der Waals surface area contributed by atoms with E-state index < -0.39 is 11.6 Å². The summed E-state index contributed by atoms with van der Waals surface area (Å²) in [5.74, 6) is -0.514. The van der Waals surface area contributed by atoms with Crippen molar-refractivity contribution in [1.29, 1.82) is 0 Å². The van der Waals surface area contributed by atoms with Crippen LogP contribution in [-0.4, -0.2) is 26.7 Å². The zero-order chi connectivity index (χ0) is 21.1. The number of hydrogen-bond acceptors (Lipinski definition) is 4. The second kappa shape index (κ2) is 8.16. The molecule has 7 heteroatoms. The summed E-state index contributed by atoms with van der Waals surface area (Å²) in [5.41, 5.74) is 6.32. The zero-order valence-electron chi connectivity index (χ0n) is 16.7. The van der Waals surface area contributed by atoms with Crippen molar-refractivity contribution in [3.63, 3.8) is 0 Å². The van der Waals surface area contributed by atoms with E-state index in [-0.39, 0.29) is 5.69 Å². The van der Waals surface area contributed by atoms with Crippen molar-refractivity contribution >= 4 is 23.0 Å². The number of carbonyl (C=O) groups is 1. The van der Waals surface area contributed by atoms with Crippen LogP contribution in [0.1, 0.15) is 28.7 Å². The van der Waals surface area contributed by atoms with Gasteiger partial charge in [0.1, 0.15) is 5.69 Å². The first kappa shape index (κ1) is 19.3. The minimum Gasteiger partial charge on any atom is -0.344 e. The molecule has 1 amide bonds. The molecule has 150 valence electrons. The summed E-state index contributed by atoms with van der Waals surface area (Å²) in [6, 6.07) is 18.8. The van der Waals surface area contributed by atoms with Gasteiger partial charge in [-0.25, -0.2) is 10.2 Å². The number of nitrogens with one attached hydrogen (secondary N) is 2. The quantitative estimate of drug-likeness (QED) is 0.397. The average Bonchev–Trinajstić information content (AvgIpc) is 3.04. The molecule has 0 saturated heterocycles. The monoisotopic (exact) mass is 399 g/mol. The lowest BCUT2D eigenvalue weighted by Crippen LogP contribution is -2.24. The average molecular weight is 399 g/mol. The lowest BCUT2D eigenvalue weighted by atomic mass is 10.1. The van der Waals surface area contributed by atoms with Gasteiger partial charge < -0.3 is 9.55 Å². The molecule has 0 radical (unpaired) electrons. The highest BCUT2D eigenvalue weighted by Gasteiger charge is 2.12. The Hall–Kier alpha value is -4.00. The Bertz CT molecular complexity index is 1300. The standard InChI is InChI=1S/C23H21N5O2/c1-3-28-15(2)18(17-11-7-8-12-21(17)28)14-24-27-22(29)20-13-19(25-23(30)26-20)16-9-5-4-6-10-16/h4-14H,3H2,1-2H3,(H,27,29)(H,25,26,30)/b24-14+. The van der Waals surface area contributed by atoms with Crippen LogP contribution in [0.3, 0.4) is 0 Å². The highest BCUT2D eigenvalue weighted by molar-refractivity contribution is 6.02. The molecule has 30 heavy (non-hydrogen) atoms. The molecule has 0 unspecified atom stereocenters. The van der Waals surface area contributed by atoms with Crippen molar-refractivity contribution in [1.82, 2.24) is 20.0 Å². The fourth-order valence-corrected chi connectivity index (χ4v) is 3.58. The van der Waals surface area contributed by atoms with Crippen molar-refractivity contribution < 1.29 is 4.79 Å². The van der Waals surface area contributed by atoms with Crippen LogP contribution in [0.4, 0.5) is 0 Å². The minimum atomic E-state index is -0.590. The van der Waals surface area contributed by atoms with E-state index in [2.05, 4.69) is 38.1 Å². The zero-order valence-corrected chi connectivity index (χ0v) is 16.7. The number of aromatic amines is 1. The van der Waals surface area contributed by atoms with Crippen molar-refractivity contribution in [2.24, 2.45) is 5.10 Å². The van der Waals surface area contributed by atoms with Crippen LogP contribution in [0.15, 0.2) is 70.6 Å². The summed E-state index contributed by atoms with van der Waals surface area (Å²) >= 11 is 0. The van der Waals surface area contributed by atoms with E-state index in [1.165, 1.54) is 6.07 Å². The summed E-state index contributed by atoms with van der Waals surface area (Å²) in [5, 5.41) is 5.20. The number of amides is 1. The number of hydrazone groups is 1. The third kappa shape index (κ3) is 3.65. The molecule has 0 fully saturated rings. The van der Waals surface area contributed by atoms with E-state index in [0.717, 1.165) is 34.3 Å². The summed E-state index contributed by atoms with van der Waals surface area (Å²) in [6.45, 7) is 4.96. The van der Waals surface area contributed by atoms with E-state index >= 15 is 0 Å². The Balaban J connectivity index is 1.60. The predicted octanol–water partition coefficient (Wildman–Crippen LogP) is 3.48. The minimum absolute atomic E-state index is 0.0960. The van der Waals surface area contributed by atoms with Gasteiger partial charge in [0.25, 0.3) is 5.91 Å². The van der Waals surface area contributed by atoms with Gasteiger partial charge in [-0.2, -0.15) is 10.1 Å². The van der Waals surface area contributed by atoms with Crippen LogP contribution in [0.5, 0.6) is 0 Å². The normalized spacial score (nSPS) is 11.3. The van der Waals surface area contributed by atoms with Crippen LogP contribution in [0, 0.1) is 6.92 Å². The van der Waals surface area contributed by atoms with E-state index in [1.807, 2.05) is 55.5 Å². The molecule has 7 nitrogen and oxygen atoms in total. The number of hydrogen-bond donors (Lipinski definition) is 2. The fraction of sp³-hybridized carbons (Fsp3) is 0.130. The number of H-pyrrole nitrogens is 1. The van der Waals surface area contributed by atoms with Crippen LogP contribution in [-0.2, 0) is 6.54 Å². The van der Waals surface area contributed by atoms with Crippen molar-refractivity contribution in [3.8, 4) is 11.3 Å². The molecule has 2 N–H and O–H groups in total. The molecule has 4 rings (SSSR count). The number of nitrogens with zero attached hydrogens (tertiary/aromatic N) is 3. The molecule has 0 atom stereocenters. The maximum absolute atomic E-state index is 12.6. The van der Waals surface area contributed by atoms with Crippen molar-refractivity contribution in [3.05, 3.63) is 88.1 Å². The fourth-order valence-electron chi connectivity index (χ4n) is 3.58. The molecule has 0 spiro atoms. The molecular weight excluding hydrogens is 378 g/mol. The number of aryl methyl sites for hydroxylation is 1. The van der Waals surface area contributed by atoms with Crippen LogP contribution >= 0.6 is 0 Å². The van der Waals surface area contributed by atoms with Gasteiger partial charge in [0.2, 0.25) is 0 Å². The summed E-state index contributed by atoms with van der Waals surface area (Å²) in [4.78, 5) is 30.9. The maximum Gasteiger partial charge on any atom is 0.346 e. The lowest BCUT2D eigenvalue weighted by molar-refractivity contribution is 0.0949. The highest BCUT2D eigenvalue weighted by atomic mass is 16.2. The molecule has 0 aliphatic carbocycles. The second-order valence-electron chi connectivity index (χ2n) is 6.81. The number of fused-ring (bicyclic) bond motifs is 1. The number of aromatic nitrogens is 3. The highest BCUT2D eigenvalue weighted by Crippen LogP contribution is 2.24. The van der Waals surface area contributed by atoms with E-state index in [4.69, 9.17) is 0 Å². The Morgan fingerprint density at radius 1 is 1.17 bits per heavy atom. The van der Waals surface area contributed by atoms with Gasteiger partial charge in [0.15, 0.2) is 0 Å². The summed E-state index contributed by atoms with van der Waals surface area (Å²) in [7, 11) is 0. The molecule has 0 saturated carbocycles. The Morgan fingerprint density at radius 2 is 1.90 bits per heavy atom. The number of para-hydroxylation sites is 1. The molecule has 2 heterocycles. The third-order valence-corrected chi connectivity index (χ3v) is 5.01. The van der Waals surface area contributed by atoms with Crippen molar-refractivity contribution in [2.75, 3.05) is 0 Å². The van der Waals surface area contributed by atoms with Gasteiger partial charge in [-0.1, -0.05) is 48.5 Å². The first-order valence-electron chi connectivity index (χ1n) is 9.66. The van der Waals surface area contributed by atoms with Crippen LogP contribution in [0.2, 0.25) is 0 Å². The summed E-state index contributed by atoms with van der Waals surface area (Å²) in [6.07, 6.45) is 1.64. The smallest absolute Gasteiger partial charge is 0.344 e. The van der Waals surface area contributed by atoms with Gasteiger partial charge in [-0.05, 0) is 26.0 Å². The van der Waals surface area contributed by atoms with Crippen molar-refractivity contribution in [2.45, 2.75) is 20.4 Å². The second-order valence-corrected chi connectivity index (χ2v) is 6.81. The summed E-state index contributed by atoms with van der Waals surface area (Å²) < 4.78 is 2.20. The predicted molar refractivity (Wildman–Crippen MR) is 118 cm³/mol. The molecule has 2 aromatic heterocycles. The molecule has 2 aromatic carbocycles. The lowest BCUT2D eigenvalue weighted by Gasteiger charge is -2.04. The SMILES string of the molecule is CCn1c(C)c(/C=N/NC(=O)c2cc(-c3ccccc3)nc(=O)[nH]2)c2ccccc21. The Labute approximate surface area is 173 Å². The van der Waals surface area contributed by atoms with Gasteiger partial charge in [-0.3, -0.25) is 4.79 Å². The topological polar surface area (TPSA) is 92.1 Å². The first-order chi connectivity index (χ1) is 14.6. The van der Waals surface area contributed by atoms with Gasteiger partial charge in [-0.15, -0.1) is 0 Å². The molecule has 0 bridgehead atoms. The third-order valence-electron chi connectivity index (χ3n) is 5.01. The van der Waals surface area contributed by atoms with Crippen LogP contribution in [0.25, 0.3) is 22.2 Å². The van der Waals surface area contributed by atoms with E-state index in [0.29, 0.717) is 5.69 Å².